The molecule has 0 bridgehead atoms. The van der Waals surface area contributed by atoms with E-state index in [1.807, 2.05) is 48.5 Å². The van der Waals surface area contributed by atoms with Crippen molar-refractivity contribution in [2.75, 3.05) is 0 Å². The third kappa shape index (κ3) is 1.81. The SMILES string of the molecule is O=C1OC(=O)[C@@H]2Cc3ccccc3[C@H](c3ccccc3)[C@H]12. The van der Waals surface area contributed by atoms with E-state index in [-0.39, 0.29) is 23.8 Å². The topological polar surface area (TPSA) is 43.4 Å². The third-order valence-electron chi connectivity index (χ3n) is 4.56. The summed E-state index contributed by atoms with van der Waals surface area (Å²) in [5, 5.41) is 0. The highest BCUT2D eigenvalue weighted by Crippen LogP contribution is 2.47. The average Bonchev–Trinajstić information content (AvgIpc) is 2.80. The van der Waals surface area contributed by atoms with E-state index in [0.717, 1.165) is 16.7 Å². The summed E-state index contributed by atoms with van der Waals surface area (Å²) in [5.41, 5.74) is 3.34. The van der Waals surface area contributed by atoms with Crippen molar-refractivity contribution in [3.8, 4) is 0 Å². The number of carbonyl (C=O) groups is 2. The van der Waals surface area contributed by atoms with E-state index in [4.69, 9.17) is 4.74 Å². The van der Waals surface area contributed by atoms with Gasteiger partial charge in [-0.3, -0.25) is 9.59 Å². The van der Waals surface area contributed by atoms with Gasteiger partial charge in [-0.05, 0) is 23.1 Å². The summed E-state index contributed by atoms with van der Waals surface area (Å²) in [6.07, 6.45) is 0.592. The van der Waals surface area contributed by atoms with E-state index < -0.39 is 5.92 Å². The Morgan fingerprint density at radius 2 is 1.57 bits per heavy atom. The zero-order valence-corrected chi connectivity index (χ0v) is 11.4. The Balaban J connectivity index is 1.92. The molecule has 0 unspecified atom stereocenters. The fourth-order valence-corrected chi connectivity index (χ4v) is 3.63. The Labute approximate surface area is 122 Å². The molecule has 0 amide bonds. The lowest BCUT2D eigenvalue weighted by Crippen LogP contribution is -2.32. The maximum atomic E-state index is 12.2. The Bertz CT molecular complexity index is 720. The fraction of sp³-hybridized carbons (Fsp3) is 0.222. The van der Waals surface area contributed by atoms with Crippen LogP contribution in [0.1, 0.15) is 22.6 Å². The molecule has 21 heavy (non-hydrogen) atoms. The van der Waals surface area contributed by atoms with Crippen LogP contribution >= 0.6 is 0 Å². The van der Waals surface area contributed by atoms with Crippen molar-refractivity contribution in [3.63, 3.8) is 0 Å². The number of fused-ring (bicyclic) bond motifs is 2. The predicted octanol–water partition coefficient (Wildman–Crippen LogP) is 2.69. The summed E-state index contributed by atoms with van der Waals surface area (Å²) in [4.78, 5) is 24.1. The first-order valence-electron chi connectivity index (χ1n) is 7.14. The molecule has 2 aromatic carbocycles. The number of hydrogen-bond acceptors (Lipinski definition) is 3. The van der Waals surface area contributed by atoms with Crippen molar-refractivity contribution in [2.24, 2.45) is 11.8 Å². The zero-order chi connectivity index (χ0) is 14.4. The van der Waals surface area contributed by atoms with Gasteiger partial charge in [-0.25, -0.2) is 0 Å². The van der Waals surface area contributed by atoms with Gasteiger partial charge in [-0.2, -0.15) is 0 Å². The quantitative estimate of drug-likeness (QED) is 0.595. The van der Waals surface area contributed by atoms with Crippen LogP contribution < -0.4 is 0 Å². The normalized spacial score (nSPS) is 27.0. The van der Waals surface area contributed by atoms with Crippen LogP contribution in [-0.2, 0) is 20.7 Å². The summed E-state index contributed by atoms with van der Waals surface area (Å²) in [7, 11) is 0. The van der Waals surface area contributed by atoms with Gasteiger partial charge in [0.05, 0.1) is 11.8 Å². The molecule has 1 fully saturated rings. The summed E-state index contributed by atoms with van der Waals surface area (Å²) >= 11 is 0. The lowest BCUT2D eigenvalue weighted by Gasteiger charge is -2.32. The van der Waals surface area contributed by atoms with Gasteiger partial charge in [-0.15, -0.1) is 0 Å². The van der Waals surface area contributed by atoms with Gasteiger partial charge >= 0.3 is 11.9 Å². The number of ether oxygens (including phenoxy) is 1. The highest BCUT2D eigenvalue weighted by Gasteiger charge is 2.52. The molecule has 0 spiro atoms. The van der Waals surface area contributed by atoms with Gasteiger partial charge in [0, 0.05) is 5.92 Å². The molecular weight excluding hydrogens is 264 g/mol. The van der Waals surface area contributed by atoms with Crippen molar-refractivity contribution >= 4 is 11.9 Å². The van der Waals surface area contributed by atoms with E-state index in [9.17, 15) is 9.59 Å². The number of esters is 2. The summed E-state index contributed by atoms with van der Waals surface area (Å²) in [6.45, 7) is 0. The minimum absolute atomic E-state index is 0.0971. The van der Waals surface area contributed by atoms with E-state index in [1.165, 1.54) is 0 Å². The number of cyclic esters (lactones) is 2. The van der Waals surface area contributed by atoms with Gasteiger partial charge in [0.1, 0.15) is 0 Å². The van der Waals surface area contributed by atoms with Crippen LogP contribution in [0.25, 0.3) is 0 Å². The number of hydrogen-bond donors (Lipinski definition) is 0. The van der Waals surface area contributed by atoms with Crippen LogP contribution in [0.2, 0.25) is 0 Å². The van der Waals surface area contributed by atoms with E-state index in [2.05, 4.69) is 6.07 Å². The Hall–Kier alpha value is -2.42. The molecule has 3 atom stereocenters. The zero-order valence-electron chi connectivity index (χ0n) is 11.4. The van der Waals surface area contributed by atoms with E-state index in [0.29, 0.717) is 6.42 Å². The highest BCUT2D eigenvalue weighted by atomic mass is 16.6. The molecule has 4 rings (SSSR count). The lowest BCUT2D eigenvalue weighted by molar-refractivity contribution is -0.153. The van der Waals surface area contributed by atoms with Crippen LogP contribution in [0.5, 0.6) is 0 Å². The summed E-state index contributed by atoms with van der Waals surface area (Å²) in [5.74, 6) is -1.60. The molecule has 1 heterocycles. The van der Waals surface area contributed by atoms with Gasteiger partial charge in [0.15, 0.2) is 0 Å². The molecule has 1 aliphatic carbocycles. The minimum atomic E-state index is -0.394. The molecule has 2 aromatic rings. The summed E-state index contributed by atoms with van der Waals surface area (Å²) in [6, 6.07) is 18.0. The van der Waals surface area contributed by atoms with Gasteiger partial charge in [0.2, 0.25) is 0 Å². The Morgan fingerprint density at radius 3 is 2.38 bits per heavy atom. The molecular formula is C18H14O3. The van der Waals surface area contributed by atoms with Gasteiger partial charge in [0.25, 0.3) is 0 Å². The van der Waals surface area contributed by atoms with Crippen LogP contribution in [0.4, 0.5) is 0 Å². The molecule has 2 aliphatic rings. The van der Waals surface area contributed by atoms with E-state index >= 15 is 0 Å². The number of carbonyl (C=O) groups excluding carboxylic acids is 2. The first kappa shape index (κ1) is 12.3. The lowest BCUT2D eigenvalue weighted by atomic mass is 9.67. The standard InChI is InChI=1S/C18H14O3/c19-17-14-10-12-8-4-5-9-13(12)15(16(14)18(20)21-17)11-6-2-1-3-7-11/h1-9,14-16H,10H2/t14-,15+,16-/m1/s1. The third-order valence-corrected chi connectivity index (χ3v) is 4.56. The second-order valence-electron chi connectivity index (χ2n) is 5.66. The molecule has 0 saturated carbocycles. The largest absolute Gasteiger partial charge is 0.393 e. The first-order valence-corrected chi connectivity index (χ1v) is 7.14. The average molecular weight is 278 g/mol. The second kappa shape index (κ2) is 4.55. The van der Waals surface area contributed by atoms with Crippen LogP contribution in [-0.4, -0.2) is 11.9 Å². The van der Waals surface area contributed by atoms with Crippen molar-refractivity contribution < 1.29 is 14.3 Å². The molecule has 1 saturated heterocycles. The monoisotopic (exact) mass is 278 g/mol. The number of benzene rings is 2. The summed E-state index contributed by atoms with van der Waals surface area (Å²) < 4.78 is 4.91. The number of rotatable bonds is 1. The van der Waals surface area contributed by atoms with Crippen molar-refractivity contribution in [2.45, 2.75) is 12.3 Å². The molecule has 3 heteroatoms. The van der Waals surface area contributed by atoms with Crippen molar-refractivity contribution in [1.29, 1.82) is 0 Å². The predicted molar refractivity (Wildman–Crippen MR) is 76.5 cm³/mol. The highest BCUT2D eigenvalue weighted by molar-refractivity contribution is 5.98. The minimum Gasteiger partial charge on any atom is -0.393 e. The van der Waals surface area contributed by atoms with E-state index in [1.54, 1.807) is 0 Å². The maximum Gasteiger partial charge on any atom is 0.318 e. The first-order chi connectivity index (χ1) is 10.3. The second-order valence-corrected chi connectivity index (χ2v) is 5.66. The molecule has 1 aliphatic heterocycles. The Morgan fingerprint density at radius 1 is 0.857 bits per heavy atom. The molecule has 104 valence electrons. The molecule has 0 aromatic heterocycles. The molecule has 0 N–H and O–H groups in total. The van der Waals surface area contributed by atoms with Crippen LogP contribution in [0.3, 0.4) is 0 Å². The molecule has 3 nitrogen and oxygen atoms in total. The van der Waals surface area contributed by atoms with Gasteiger partial charge in [-0.1, -0.05) is 54.6 Å². The van der Waals surface area contributed by atoms with Crippen molar-refractivity contribution in [1.82, 2.24) is 0 Å². The van der Waals surface area contributed by atoms with Crippen LogP contribution in [0.15, 0.2) is 54.6 Å². The Kier molecular flexibility index (Phi) is 2.67. The fourth-order valence-electron chi connectivity index (χ4n) is 3.63. The van der Waals surface area contributed by atoms with Crippen molar-refractivity contribution in [3.05, 3.63) is 71.3 Å². The molecule has 0 radical (unpaired) electrons. The van der Waals surface area contributed by atoms with Gasteiger partial charge < -0.3 is 4.74 Å². The maximum absolute atomic E-state index is 12.2. The van der Waals surface area contributed by atoms with Crippen LogP contribution in [0, 0.1) is 11.8 Å². The smallest absolute Gasteiger partial charge is 0.318 e.